The summed E-state index contributed by atoms with van der Waals surface area (Å²) in [7, 11) is 0. The molecule has 0 aromatic heterocycles. The summed E-state index contributed by atoms with van der Waals surface area (Å²) in [5, 5.41) is 9.20. The summed E-state index contributed by atoms with van der Waals surface area (Å²) in [5.74, 6) is 1.75. The molecule has 0 bridgehead atoms. The lowest BCUT2D eigenvalue weighted by atomic mass is 10.1. The molecule has 0 unspecified atom stereocenters. The van der Waals surface area contributed by atoms with Gasteiger partial charge in [0.05, 0.1) is 3.57 Å². The monoisotopic (exact) mass is 355 g/mol. The summed E-state index contributed by atoms with van der Waals surface area (Å²) in [6.07, 6.45) is 0.871. The standard InChI is InChI=1S/C14H14INO2/c15-13-9-10(7-8-16)1-6-14(13)18-12-4-2-11(17)3-5-12/h1-6,9,17H,7-8,16H2. The second kappa shape index (κ2) is 6.06. The molecule has 0 aliphatic carbocycles. The molecule has 0 fully saturated rings. The van der Waals surface area contributed by atoms with Gasteiger partial charge in [-0.3, -0.25) is 0 Å². The van der Waals surface area contributed by atoms with Gasteiger partial charge in [0, 0.05) is 0 Å². The molecule has 0 radical (unpaired) electrons. The van der Waals surface area contributed by atoms with Crippen LogP contribution >= 0.6 is 22.6 Å². The minimum absolute atomic E-state index is 0.232. The Morgan fingerprint density at radius 1 is 1.11 bits per heavy atom. The quantitative estimate of drug-likeness (QED) is 0.828. The van der Waals surface area contributed by atoms with E-state index in [-0.39, 0.29) is 5.75 Å². The average molecular weight is 355 g/mol. The van der Waals surface area contributed by atoms with Gasteiger partial charge in [-0.2, -0.15) is 0 Å². The number of nitrogens with two attached hydrogens (primary N) is 1. The van der Waals surface area contributed by atoms with Crippen molar-refractivity contribution >= 4 is 22.6 Å². The van der Waals surface area contributed by atoms with E-state index < -0.39 is 0 Å². The SMILES string of the molecule is NCCc1ccc(Oc2ccc(O)cc2)c(I)c1. The third-order valence-electron chi connectivity index (χ3n) is 2.49. The summed E-state index contributed by atoms with van der Waals surface area (Å²) in [4.78, 5) is 0. The summed E-state index contributed by atoms with van der Waals surface area (Å²) in [5.41, 5.74) is 6.74. The highest BCUT2D eigenvalue weighted by atomic mass is 127. The third-order valence-corrected chi connectivity index (χ3v) is 3.34. The first-order valence-electron chi connectivity index (χ1n) is 5.64. The van der Waals surface area contributed by atoms with Gasteiger partial charge in [-0.15, -0.1) is 0 Å². The Bertz CT molecular complexity index is 526. The molecule has 2 rings (SSSR count). The first-order chi connectivity index (χ1) is 8.69. The van der Waals surface area contributed by atoms with E-state index >= 15 is 0 Å². The van der Waals surface area contributed by atoms with Crippen molar-refractivity contribution in [1.29, 1.82) is 0 Å². The maximum atomic E-state index is 9.20. The zero-order valence-corrected chi connectivity index (χ0v) is 11.9. The number of phenolic OH excluding ortho intramolecular Hbond substituents is 1. The predicted molar refractivity (Wildman–Crippen MR) is 80.1 cm³/mol. The molecule has 0 amide bonds. The number of hydrogen-bond donors (Lipinski definition) is 2. The van der Waals surface area contributed by atoms with Crippen molar-refractivity contribution in [3.8, 4) is 17.2 Å². The van der Waals surface area contributed by atoms with Gasteiger partial charge in [0.1, 0.15) is 17.2 Å². The van der Waals surface area contributed by atoms with Gasteiger partial charge in [0.2, 0.25) is 0 Å². The minimum atomic E-state index is 0.232. The predicted octanol–water partition coefficient (Wildman–Crippen LogP) is 3.29. The molecule has 94 valence electrons. The zero-order valence-electron chi connectivity index (χ0n) is 9.77. The number of halogens is 1. The fourth-order valence-electron chi connectivity index (χ4n) is 1.59. The maximum absolute atomic E-state index is 9.20. The summed E-state index contributed by atoms with van der Waals surface area (Å²) >= 11 is 2.24. The second-order valence-electron chi connectivity index (χ2n) is 3.90. The van der Waals surface area contributed by atoms with Crippen LogP contribution in [0.1, 0.15) is 5.56 Å². The van der Waals surface area contributed by atoms with Crippen LogP contribution < -0.4 is 10.5 Å². The minimum Gasteiger partial charge on any atom is -0.508 e. The van der Waals surface area contributed by atoms with Crippen molar-refractivity contribution in [2.75, 3.05) is 6.54 Å². The molecule has 0 saturated carbocycles. The highest BCUT2D eigenvalue weighted by Gasteiger charge is 2.04. The lowest BCUT2D eigenvalue weighted by molar-refractivity contribution is 0.463. The van der Waals surface area contributed by atoms with E-state index in [1.54, 1.807) is 24.3 Å². The van der Waals surface area contributed by atoms with Gasteiger partial charge in [0.25, 0.3) is 0 Å². The van der Waals surface area contributed by atoms with Crippen LogP contribution in [-0.4, -0.2) is 11.7 Å². The third kappa shape index (κ3) is 3.36. The average Bonchev–Trinajstić information content (AvgIpc) is 2.36. The van der Waals surface area contributed by atoms with E-state index in [1.807, 2.05) is 12.1 Å². The Labute approximate surface area is 120 Å². The topological polar surface area (TPSA) is 55.5 Å². The van der Waals surface area contributed by atoms with Crippen LogP contribution in [0, 0.1) is 3.57 Å². The van der Waals surface area contributed by atoms with E-state index in [1.165, 1.54) is 5.56 Å². The van der Waals surface area contributed by atoms with Crippen molar-refractivity contribution in [2.24, 2.45) is 5.73 Å². The molecular weight excluding hydrogens is 341 g/mol. The van der Waals surface area contributed by atoms with E-state index in [0.29, 0.717) is 12.3 Å². The van der Waals surface area contributed by atoms with Crippen molar-refractivity contribution < 1.29 is 9.84 Å². The van der Waals surface area contributed by atoms with Crippen molar-refractivity contribution in [3.63, 3.8) is 0 Å². The molecule has 2 aromatic carbocycles. The van der Waals surface area contributed by atoms with Gasteiger partial charge >= 0.3 is 0 Å². The molecule has 2 aromatic rings. The molecule has 3 nitrogen and oxygen atoms in total. The Balaban J connectivity index is 2.16. The highest BCUT2D eigenvalue weighted by Crippen LogP contribution is 2.28. The number of phenols is 1. The van der Waals surface area contributed by atoms with Gasteiger partial charge < -0.3 is 15.6 Å². The molecule has 0 spiro atoms. The number of aromatic hydroxyl groups is 1. The maximum Gasteiger partial charge on any atom is 0.140 e. The molecule has 3 N–H and O–H groups in total. The van der Waals surface area contributed by atoms with Gasteiger partial charge in [-0.05, 0) is 77.5 Å². The second-order valence-corrected chi connectivity index (χ2v) is 5.06. The molecule has 0 aliphatic heterocycles. The number of ether oxygens (including phenoxy) is 1. The number of hydrogen-bond acceptors (Lipinski definition) is 3. The molecule has 0 saturated heterocycles. The van der Waals surface area contributed by atoms with Gasteiger partial charge in [0.15, 0.2) is 0 Å². The fourth-order valence-corrected chi connectivity index (χ4v) is 2.28. The van der Waals surface area contributed by atoms with Crippen LogP contribution in [0.15, 0.2) is 42.5 Å². The van der Waals surface area contributed by atoms with E-state index in [9.17, 15) is 5.11 Å². The molecule has 0 atom stereocenters. The molecule has 18 heavy (non-hydrogen) atoms. The lowest BCUT2D eigenvalue weighted by Crippen LogP contribution is -2.02. The van der Waals surface area contributed by atoms with Crippen molar-refractivity contribution in [3.05, 3.63) is 51.6 Å². The first-order valence-corrected chi connectivity index (χ1v) is 6.72. The number of rotatable bonds is 4. The Hall–Kier alpha value is -1.27. The fraction of sp³-hybridized carbons (Fsp3) is 0.143. The van der Waals surface area contributed by atoms with Crippen molar-refractivity contribution in [2.45, 2.75) is 6.42 Å². The van der Waals surface area contributed by atoms with E-state index in [0.717, 1.165) is 15.7 Å². The van der Waals surface area contributed by atoms with Crippen LogP contribution in [0.4, 0.5) is 0 Å². The van der Waals surface area contributed by atoms with Gasteiger partial charge in [-0.1, -0.05) is 6.07 Å². The van der Waals surface area contributed by atoms with E-state index in [4.69, 9.17) is 10.5 Å². The highest BCUT2D eigenvalue weighted by molar-refractivity contribution is 14.1. The van der Waals surface area contributed by atoms with Crippen molar-refractivity contribution in [1.82, 2.24) is 0 Å². The van der Waals surface area contributed by atoms with E-state index in [2.05, 4.69) is 28.7 Å². The van der Waals surface area contributed by atoms with Crippen LogP contribution in [0.5, 0.6) is 17.2 Å². The molecule has 4 heteroatoms. The summed E-state index contributed by atoms with van der Waals surface area (Å²) in [6, 6.07) is 12.7. The Kier molecular flexibility index (Phi) is 4.43. The van der Waals surface area contributed by atoms with Crippen LogP contribution in [-0.2, 0) is 6.42 Å². The Morgan fingerprint density at radius 3 is 2.44 bits per heavy atom. The lowest BCUT2D eigenvalue weighted by Gasteiger charge is -2.09. The molecular formula is C14H14INO2. The number of benzene rings is 2. The van der Waals surface area contributed by atoms with Crippen LogP contribution in [0.3, 0.4) is 0 Å². The molecule has 0 heterocycles. The normalized spacial score (nSPS) is 10.3. The largest absolute Gasteiger partial charge is 0.508 e. The Morgan fingerprint density at radius 2 is 1.83 bits per heavy atom. The summed E-state index contributed by atoms with van der Waals surface area (Å²) in [6.45, 7) is 0.647. The first kappa shape index (κ1) is 13.2. The summed E-state index contributed by atoms with van der Waals surface area (Å²) < 4.78 is 6.80. The van der Waals surface area contributed by atoms with Crippen LogP contribution in [0.25, 0.3) is 0 Å². The van der Waals surface area contributed by atoms with Crippen LogP contribution in [0.2, 0.25) is 0 Å². The zero-order chi connectivity index (χ0) is 13.0. The smallest absolute Gasteiger partial charge is 0.140 e. The van der Waals surface area contributed by atoms with Gasteiger partial charge in [-0.25, -0.2) is 0 Å². The molecule has 0 aliphatic rings.